The number of aldehydes is 1. The van der Waals surface area contributed by atoms with Gasteiger partial charge in [-0.2, -0.15) is 0 Å². The summed E-state index contributed by atoms with van der Waals surface area (Å²) in [4.78, 5) is 22.3. The van der Waals surface area contributed by atoms with Gasteiger partial charge in [-0.05, 0) is 37.1 Å². The summed E-state index contributed by atoms with van der Waals surface area (Å²) in [5, 5.41) is 5.64. The first-order chi connectivity index (χ1) is 9.74. The van der Waals surface area contributed by atoms with Crippen molar-refractivity contribution in [2.24, 2.45) is 0 Å². The molecule has 0 spiro atoms. The zero-order valence-electron chi connectivity index (χ0n) is 10.8. The molecule has 1 aliphatic carbocycles. The van der Waals surface area contributed by atoms with E-state index in [4.69, 9.17) is 4.42 Å². The van der Waals surface area contributed by atoms with E-state index in [1.54, 1.807) is 24.3 Å². The second-order valence-electron chi connectivity index (χ2n) is 4.77. The molecule has 1 fully saturated rings. The molecule has 5 nitrogen and oxygen atoms in total. The molecule has 3 rings (SSSR count). The van der Waals surface area contributed by atoms with Crippen LogP contribution in [0.25, 0.3) is 11.3 Å². The third-order valence-electron chi connectivity index (χ3n) is 3.06. The van der Waals surface area contributed by atoms with Gasteiger partial charge in [-0.25, -0.2) is 4.79 Å². The van der Waals surface area contributed by atoms with Crippen molar-refractivity contribution < 1.29 is 14.0 Å². The Morgan fingerprint density at radius 2 is 2.10 bits per heavy atom. The van der Waals surface area contributed by atoms with Crippen LogP contribution in [0, 0.1) is 0 Å². The van der Waals surface area contributed by atoms with Crippen LogP contribution >= 0.6 is 0 Å². The number of urea groups is 1. The monoisotopic (exact) mass is 270 g/mol. The van der Waals surface area contributed by atoms with Crippen LogP contribution in [0.4, 0.5) is 10.5 Å². The Hall–Kier alpha value is -2.56. The molecule has 0 unspecified atom stereocenters. The number of hydrogen-bond donors (Lipinski definition) is 2. The van der Waals surface area contributed by atoms with E-state index in [1.165, 1.54) is 0 Å². The van der Waals surface area contributed by atoms with Crippen molar-refractivity contribution in [3.63, 3.8) is 0 Å². The molecule has 5 heteroatoms. The van der Waals surface area contributed by atoms with Crippen molar-refractivity contribution in [2.75, 3.05) is 5.32 Å². The highest BCUT2D eigenvalue weighted by atomic mass is 16.3. The SMILES string of the molecule is O=Cc1ccc(-c2cccc(NC(=O)NC3CC3)c2)o1. The van der Waals surface area contributed by atoms with Crippen molar-refractivity contribution in [3.05, 3.63) is 42.2 Å². The van der Waals surface area contributed by atoms with E-state index in [0.29, 0.717) is 23.8 Å². The van der Waals surface area contributed by atoms with Gasteiger partial charge in [-0.15, -0.1) is 0 Å². The Kier molecular flexibility index (Phi) is 3.25. The van der Waals surface area contributed by atoms with Crippen LogP contribution in [0.3, 0.4) is 0 Å². The molecule has 2 N–H and O–H groups in total. The average Bonchev–Trinajstić information content (AvgIpc) is 3.12. The first kappa shape index (κ1) is 12.5. The van der Waals surface area contributed by atoms with Gasteiger partial charge in [0.1, 0.15) is 5.76 Å². The van der Waals surface area contributed by atoms with Gasteiger partial charge in [0, 0.05) is 17.3 Å². The molecule has 1 aromatic heterocycles. The Morgan fingerprint density at radius 3 is 2.80 bits per heavy atom. The molecule has 1 aromatic carbocycles. The third-order valence-corrected chi connectivity index (χ3v) is 3.06. The zero-order chi connectivity index (χ0) is 13.9. The number of benzene rings is 1. The van der Waals surface area contributed by atoms with Crippen LogP contribution in [0.5, 0.6) is 0 Å². The number of hydrogen-bond acceptors (Lipinski definition) is 3. The molecule has 0 aliphatic heterocycles. The molecule has 20 heavy (non-hydrogen) atoms. The predicted molar refractivity (Wildman–Crippen MR) is 74.7 cm³/mol. The van der Waals surface area contributed by atoms with Gasteiger partial charge >= 0.3 is 6.03 Å². The number of rotatable bonds is 4. The summed E-state index contributed by atoms with van der Waals surface area (Å²) in [7, 11) is 0. The van der Waals surface area contributed by atoms with Crippen LogP contribution in [0.2, 0.25) is 0 Å². The van der Waals surface area contributed by atoms with Crippen molar-refractivity contribution in [2.45, 2.75) is 18.9 Å². The molecule has 1 heterocycles. The van der Waals surface area contributed by atoms with E-state index in [9.17, 15) is 9.59 Å². The number of nitrogens with one attached hydrogen (secondary N) is 2. The van der Waals surface area contributed by atoms with Gasteiger partial charge in [0.05, 0.1) is 0 Å². The number of amides is 2. The number of furan rings is 1. The lowest BCUT2D eigenvalue weighted by Crippen LogP contribution is -2.30. The number of anilines is 1. The minimum Gasteiger partial charge on any atom is -0.453 e. The van der Waals surface area contributed by atoms with E-state index in [-0.39, 0.29) is 11.8 Å². The van der Waals surface area contributed by atoms with Crippen LogP contribution in [-0.2, 0) is 0 Å². The highest BCUT2D eigenvalue weighted by molar-refractivity contribution is 5.90. The van der Waals surface area contributed by atoms with E-state index in [0.717, 1.165) is 18.4 Å². The molecule has 1 aliphatic rings. The van der Waals surface area contributed by atoms with Crippen molar-refractivity contribution >= 4 is 18.0 Å². The number of carbonyl (C=O) groups excluding carboxylic acids is 2. The van der Waals surface area contributed by atoms with Gasteiger partial charge in [-0.1, -0.05) is 12.1 Å². The Morgan fingerprint density at radius 1 is 1.25 bits per heavy atom. The summed E-state index contributed by atoms with van der Waals surface area (Å²) in [6, 6.07) is 10.8. The second-order valence-corrected chi connectivity index (χ2v) is 4.77. The highest BCUT2D eigenvalue weighted by Crippen LogP contribution is 2.24. The summed E-state index contributed by atoms with van der Waals surface area (Å²) in [5.74, 6) is 0.878. The first-order valence-corrected chi connectivity index (χ1v) is 6.47. The minimum absolute atomic E-state index is 0.197. The molecule has 2 aromatic rings. The largest absolute Gasteiger partial charge is 0.453 e. The van der Waals surface area contributed by atoms with E-state index >= 15 is 0 Å². The van der Waals surface area contributed by atoms with Crippen LogP contribution in [-0.4, -0.2) is 18.4 Å². The smallest absolute Gasteiger partial charge is 0.319 e. The maximum atomic E-state index is 11.7. The molecule has 0 radical (unpaired) electrons. The summed E-state index contributed by atoms with van der Waals surface area (Å²) in [5.41, 5.74) is 1.49. The zero-order valence-corrected chi connectivity index (χ0v) is 10.8. The third kappa shape index (κ3) is 2.88. The summed E-state index contributed by atoms with van der Waals surface area (Å²) in [6.07, 6.45) is 2.76. The van der Waals surface area contributed by atoms with Crippen LogP contribution < -0.4 is 10.6 Å². The fraction of sp³-hybridized carbons (Fsp3) is 0.200. The lowest BCUT2D eigenvalue weighted by Gasteiger charge is -2.07. The van der Waals surface area contributed by atoms with Crippen LogP contribution in [0.1, 0.15) is 23.4 Å². The Bertz CT molecular complexity index is 644. The van der Waals surface area contributed by atoms with E-state index in [2.05, 4.69) is 10.6 Å². The standard InChI is InChI=1S/C15H14N2O3/c18-9-13-6-7-14(20-13)10-2-1-3-12(8-10)17-15(19)16-11-4-5-11/h1-3,6-9,11H,4-5H2,(H2,16,17,19). The average molecular weight is 270 g/mol. The highest BCUT2D eigenvalue weighted by Gasteiger charge is 2.23. The summed E-state index contributed by atoms with van der Waals surface area (Å²) >= 11 is 0. The van der Waals surface area contributed by atoms with Crippen LogP contribution in [0.15, 0.2) is 40.8 Å². The Balaban J connectivity index is 1.74. The fourth-order valence-electron chi connectivity index (χ4n) is 1.90. The van der Waals surface area contributed by atoms with Crippen molar-refractivity contribution in [3.8, 4) is 11.3 Å². The maximum Gasteiger partial charge on any atom is 0.319 e. The maximum absolute atomic E-state index is 11.7. The topological polar surface area (TPSA) is 71.3 Å². The van der Waals surface area contributed by atoms with Gasteiger partial charge in [-0.3, -0.25) is 4.79 Å². The molecular weight excluding hydrogens is 256 g/mol. The molecule has 2 amide bonds. The van der Waals surface area contributed by atoms with E-state index in [1.807, 2.05) is 12.1 Å². The lowest BCUT2D eigenvalue weighted by molar-refractivity contribution is 0.110. The van der Waals surface area contributed by atoms with Gasteiger partial charge in [0.15, 0.2) is 12.0 Å². The second kappa shape index (κ2) is 5.21. The molecule has 1 saturated carbocycles. The van der Waals surface area contributed by atoms with E-state index < -0.39 is 0 Å². The predicted octanol–water partition coefficient (Wildman–Crippen LogP) is 3.04. The Labute approximate surface area is 116 Å². The van der Waals surface area contributed by atoms with Crippen molar-refractivity contribution in [1.29, 1.82) is 0 Å². The minimum atomic E-state index is -0.197. The molecule has 0 saturated heterocycles. The first-order valence-electron chi connectivity index (χ1n) is 6.47. The van der Waals surface area contributed by atoms with Gasteiger partial charge in [0.2, 0.25) is 0 Å². The normalized spacial score (nSPS) is 13.8. The number of carbonyl (C=O) groups is 2. The molecule has 0 atom stereocenters. The van der Waals surface area contributed by atoms with Gasteiger partial charge < -0.3 is 15.1 Å². The fourth-order valence-corrected chi connectivity index (χ4v) is 1.90. The summed E-state index contributed by atoms with van der Waals surface area (Å²) < 4.78 is 5.36. The summed E-state index contributed by atoms with van der Waals surface area (Å²) in [6.45, 7) is 0. The molecule has 0 bridgehead atoms. The quantitative estimate of drug-likeness (QED) is 0.839. The molecule has 102 valence electrons. The molecular formula is C15H14N2O3. The van der Waals surface area contributed by atoms with Gasteiger partial charge in [0.25, 0.3) is 0 Å². The lowest BCUT2D eigenvalue weighted by atomic mass is 10.1. The van der Waals surface area contributed by atoms with Crippen molar-refractivity contribution in [1.82, 2.24) is 5.32 Å².